The lowest BCUT2D eigenvalue weighted by Gasteiger charge is -2.21. The number of ether oxygens (including phenoxy) is 1. The van der Waals surface area contributed by atoms with Crippen molar-refractivity contribution in [3.05, 3.63) is 82.7 Å². The molecule has 0 fully saturated rings. The lowest BCUT2D eigenvalue weighted by atomic mass is 10.1. The fourth-order valence-corrected chi connectivity index (χ4v) is 4.35. The van der Waals surface area contributed by atoms with E-state index < -0.39 is 0 Å². The molecule has 1 amide bonds. The molecule has 2 aromatic carbocycles. The van der Waals surface area contributed by atoms with Gasteiger partial charge in [0.25, 0.3) is 5.91 Å². The van der Waals surface area contributed by atoms with Gasteiger partial charge < -0.3 is 21.1 Å². The largest absolute Gasteiger partial charge is 0.376 e. The maximum Gasteiger partial charge on any atom is 0.252 e. The molecule has 3 heterocycles. The molecule has 174 valence electrons. The minimum Gasteiger partial charge on any atom is -0.376 e. The van der Waals surface area contributed by atoms with Gasteiger partial charge in [-0.3, -0.25) is 9.36 Å². The Hall–Kier alpha value is -3.75. The Morgan fingerprint density at radius 3 is 2.82 bits per heavy atom. The zero-order valence-electron chi connectivity index (χ0n) is 19.2. The molecular weight excluding hydrogens is 428 g/mol. The second-order valence-corrected chi connectivity index (χ2v) is 8.34. The summed E-state index contributed by atoms with van der Waals surface area (Å²) in [6, 6.07) is 17.9. The highest BCUT2D eigenvalue weighted by atomic mass is 16.5. The van der Waals surface area contributed by atoms with Gasteiger partial charge >= 0.3 is 0 Å². The van der Waals surface area contributed by atoms with Crippen molar-refractivity contribution < 1.29 is 9.53 Å². The van der Waals surface area contributed by atoms with Gasteiger partial charge in [0.1, 0.15) is 5.82 Å². The standard InChI is InChI=1S/C26H28N6O2/c1-17-14-20-19(25(33)28-12-11-27)8-5-9-23(20)32(17)26-30-22-10-13-34-16-21(22)24(31-26)29-15-18-6-3-2-4-7-18/h2-9,14H,10-13,15-16,27H2,1H3,(H,28,33)(H,29,30,31). The van der Waals surface area contributed by atoms with E-state index in [1.165, 1.54) is 5.56 Å². The Bertz CT molecular complexity index is 1330. The summed E-state index contributed by atoms with van der Waals surface area (Å²) in [6.07, 6.45) is 0.732. The number of benzene rings is 2. The van der Waals surface area contributed by atoms with E-state index in [4.69, 9.17) is 20.4 Å². The van der Waals surface area contributed by atoms with Gasteiger partial charge in [0, 0.05) is 48.3 Å². The first-order chi connectivity index (χ1) is 16.7. The van der Waals surface area contributed by atoms with Gasteiger partial charge in [-0.15, -0.1) is 0 Å². The number of carbonyl (C=O) groups is 1. The highest BCUT2D eigenvalue weighted by molar-refractivity contribution is 6.07. The molecule has 5 rings (SSSR count). The van der Waals surface area contributed by atoms with E-state index in [1.807, 2.05) is 54.0 Å². The summed E-state index contributed by atoms with van der Waals surface area (Å²) in [5.41, 5.74) is 11.2. The van der Waals surface area contributed by atoms with Gasteiger partial charge in [-0.1, -0.05) is 36.4 Å². The third-order valence-electron chi connectivity index (χ3n) is 6.02. The summed E-state index contributed by atoms with van der Waals surface area (Å²) < 4.78 is 7.72. The van der Waals surface area contributed by atoms with Gasteiger partial charge in [0.2, 0.25) is 5.95 Å². The van der Waals surface area contributed by atoms with Gasteiger partial charge in [-0.25, -0.2) is 4.98 Å². The smallest absolute Gasteiger partial charge is 0.252 e. The van der Waals surface area contributed by atoms with Crippen LogP contribution in [0.4, 0.5) is 5.82 Å². The Kier molecular flexibility index (Phi) is 6.24. The van der Waals surface area contributed by atoms with Gasteiger partial charge in [0.05, 0.1) is 24.4 Å². The van der Waals surface area contributed by atoms with E-state index >= 15 is 0 Å². The minimum absolute atomic E-state index is 0.137. The molecule has 34 heavy (non-hydrogen) atoms. The molecule has 1 aliphatic rings. The summed E-state index contributed by atoms with van der Waals surface area (Å²) in [4.78, 5) is 22.6. The molecule has 4 aromatic rings. The van der Waals surface area contributed by atoms with Crippen LogP contribution in [0.25, 0.3) is 16.9 Å². The monoisotopic (exact) mass is 456 g/mol. The second-order valence-electron chi connectivity index (χ2n) is 8.34. The molecule has 0 radical (unpaired) electrons. The van der Waals surface area contributed by atoms with Crippen LogP contribution >= 0.6 is 0 Å². The van der Waals surface area contributed by atoms with E-state index in [0.29, 0.717) is 44.4 Å². The number of rotatable bonds is 7. The van der Waals surface area contributed by atoms with Crippen LogP contribution in [0.1, 0.15) is 32.9 Å². The van der Waals surface area contributed by atoms with Crippen molar-refractivity contribution in [3.8, 4) is 5.95 Å². The number of amides is 1. The quantitative estimate of drug-likeness (QED) is 0.395. The van der Waals surface area contributed by atoms with E-state index in [-0.39, 0.29) is 5.91 Å². The molecule has 0 spiro atoms. The second kappa shape index (κ2) is 9.62. The van der Waals surface area contributed by atoms with Crippen molar-refractivity contribution in [1.82, 2.24) is 19.9 Å². The van der Waals surface area contributed by atoms with E-state index in [1.54, 1.807) is 0 Å². The number of hydrogen-bond acceptors (Lipinski definition) is 6. The van der Waals surface area contributed by atoms with Crippen LogP contribution < -0.4 is 16.4 Å². The van der Waals surface area contributed by atoms with Crippen molar-refractivity contribution in [3.63, 3.8) is 0 Å². The molecule has 0 atom stereocenters. The van der Waals surface area contributed by atoms with E-state index in [2.05, 4.69) is 22.8 Å². The minimum atomic E-state index is -0.137. The number of aromatic nitrogens is 3. The highest BCUT2D eigenvalue weighted by Crippen LogP contribution is 2.29. The predicted molar refractivity (Wildman–Crippen MR) is 132 cm³/mol. The number of carbonyl (C=O) groups excluding carboxylic acids is 1. The van der Waals surface area contributed by atoms with Crippen LogP contribution in [-0.4, -0.2) is 40.1 Å². The summed E-state index contributed by atoms with van der Waals surface area (Å²) in [6.45, 7) is 4.61. The molecule has 2 aromatic heterocycles. The maximum atomic E-state index is 12.7. The maximum absolute atomic E-state index is 12.7. The van der Waals surface area contributed by atoms with Crippen LogP contribution in [0.3, 0.4) is 0 Å². The molecular formula is C26H28N6O2. The topological polar surface area (TPSA) is 107 Å². The zero-order valence-corrected chi connectivity index (χ0v) is 19.2. The molecule has 1 aliphatic heterocycles. The third-order valence-corrected chi connectivity index (χ3v) is 6.02. The van der Waals surface area contributed by atoms with Gasteiger partial charge in [-0.2, -0.15) is 4.98 Å². The average Bonchev–Trinajstić information content (AvgIpc) is 3.22. The number of fused-ring (bicyclic) bond motifs is 2. The first kappa shape index (κ1) is 22.1. The number of nitrogens with zero attached hydrogens (tertiary/aromatic N) is 3. The molecule has 0 bridgehead atoms. The predicted octanol–water partition coefficient (Wildman–Crippen LogP) is 3.10. The SMILES string of the molecule is Cc1cc2c(C(=O)NCCN)cccc2n1-c1nc2c(c(NCc3ccccc3)n1)COCC2. The summed E-state index contributed by atoms with van der Waals surface area (Å²) in [5.74, 6) is 1.23. The Morgan fingerprint density at radius 1 is 1.15 bits per heavy atom. The lowest BCUT2D eigenvalue weighted by Crippen LogP contribution is -2.29. The molecule has 4 N–H and O–H groups in total. The van der Waals surface area contributed by atoms with Crippen LogP contribution in [0.15, 0.2) is 54.6 Å². The van der Waals surface area contributed by atoms with Crippen molar-refractivity contribution in [2.24, 2.45) is 5.73 Å². The van der Waals surface area contributed by atoms with E-state index in [0.717, 1.165) is 40.1 Å². The van der Waals surface area contributed by atoms with E-state index in [9.17, 15) is 4.79 Å². The molecule has 0 aliphatic carbocycles. The number of nitrogens with two attached hydrogens (primary N) is 1. The first-order valence-corrected chi connectivity index (χ1v) is 11.5. The van der Waals surface area contributed by atoms with Crippen molar-refractivity contribution >= 4 is 22.6 Å². The Labute approximate surface area is 198 Å². The number of hydrogen-bond donors (Lipinski definition) is 3. The fraction of sp³-hybridized carbons (Fsp3) is 0.269. The van der Waals surface area contributed by atoms with Gasteiger partial charge in [0.15, 0.2) is 0 Å². The fourth-order valence-electron chi connectivity index (χ4n) is 4.35. The summed E-state index contributed by atoms with van der Waals surface area (Å²) >= 11 is 0. The van der Waals surface area contributed by atoms with Gasteiger partial charge in [-0.05, 0) is 30.7 Å². The van der Waals surface area contributed by atoms with Crippen molar-refractivity contribution in [2.45, 2.75) is 26.5 Å². The molecule has 0 saturated heterocycles. The average molecular weight is 457 g/mol. The van der Waals surface area contributed by atoms with Crippen molar-refractivity contribution in [2.75, 3.05) is 25.0 Å². The normalized spacial score (nSPS) is 13.0. The third kappa shape index (κ3) is 4.25. The van der Waals surface area contributed by atoms with Crippen LogP contribution in [-0.2, 0) is 24.3 Å². The Morgan fingerprint density at radius 2 is 2.00 bits per heavy atom. The summed E-state index contributed by atoms with van der Waals surface area (Å²) in [7, 11) is 0. The lowest BCUT2D eigenvalue weighted by molar-refractivity contribution is 0.0956. The molecule has 8 heteroatoms. The molecule has 0 unspecified atom stereocenters. The zero-order chi connectivity index (χ0) is 23.5. The summed E-state index contributed by atoms with van der Waals surface area (Å²) in [5, 5.41) is 7.21. The molecule has 8 nitrogen and oxygen atoms in total. The highest BCUT2D eigenvalue weighted by Gasteiger charge is 2.22. The number of anilines is 1. The van der Waals surface area contributed by atoms with Crippen LogP contribution in [0, 0.1) is 6.92 Å². The number of aryl methyl sites for hydroxylation is 1. The van der Waals surface area contributed by atoms with Crippen LogP contribution in [0.5, 0.6) is 0 Å². The van der Waals surface area contributed by atoms with Crippen LogP contribution in [0.2, 0.25) is 0 Å². The Balaban J connectivity index is 1.57. The molecule has 0 saturated carbocycles. The van der Waals surface area contributed by atoms with Crippen molar-refractivity contribution in [1.29, 1.82) is 0 Å². The number of nitrogens with one attached hydrogen (secondary N) is 2. The first-order valence-electron chi connectivity index (χ1n) is 11.5.